The second-order valence-corrected chi connectivity index (χ2v) is 5.80. The zero-order valence-corrected chi connectivity index (χ0v) is 13.4. The van der Waals surface area contributed by atoms with Crippen molar-refractivity contribution < 1.29 is 9.57 Å². The van der Waals surface area contributed by atoms with Crippen LogP contribution in [-0.4, -0.2) is 31.0 Å². The van der Waals surface area contributed by atoms with Crippen LogP contribution in [0.15, 0.2) is 64.8 Å². The van der Waals surface area contributed by atoms with E-state index >= 15 is 0 Å². The molecule has 0 bridgehead atoms. The van der Waals surface area contributed by atoms with Gasteiger partial charge in [0.25, 0.3) is 0 Å². The fourth-order valence-electron chi connectivity index (χ4n) is 3.59. The van der Waals surface area contributed by atoms with Crippen molar-refractivity contribution in [2.45, 2.75) is 12.5 Å². The molecule has 23 heavy (non-hydrogen) atoms. The van der Waals surface area contributed by atoms with E-state index in [1.54, 1.807) is 14.2 Å². The number of hydroxylamine groups is 2. The van der Waals surface area contributed by atoms with Gasteiger partial charge >= 0.3 is 0 Å². The smallest absolute Gasteiger partial charge is 0.223 e. The molecule has 0 N–H and O–H groups in total. The molecule has 1 unspecified atom stereocenters. The van der Waals surface area contributed by atoms with E-state index in [9.17, 15) is 0 Å². The first-order chi connectivity index (χ1) is 11.2. The van der Waals surface area contributed by atoms with Gasteiger partial charge in [-0.1, -0.05) is 35.9 Å². The summed E-state index contributed by atoms with van der Waals surface area (Å²) in [7, 11) is 3.34. The van der Waals surface area contributed by atoms with Gasteiger partial charge in [-0.25, -0.2) is 5.06 Å². The SMILES string of the molecule is COC1=c2ccccc2=C2C=NC=C3C=C(C)C=CC32N1OC. The van der Waals surface area contributed by atoms with E-state index in [2.05, 4.69) is 36.2 Å². The second kappa shape index (κ2) is 4.96. The number of allylic oxidation sites excluding steroid dienone is 2. The first-order valence-corrected chi connectivity index (χ1v) is 7.56. The fraction of sp³-hybridized carbons (Fsp3) is 0.211. The molecule has 1 spiro atoms. The molecule has 2 heterocycles. The Hall–Kier alpha value is -2.59. The van der Waals surface area contributed by atoms with Gasteiger partial charge in [-0.3, -0.25) is 9.83 Å². The number of methoxy groups -OCH3 is 1. The fourth-order valence-corrected chi connectivity index (χ4v) is 3.59. The Morgan fingerprint density at radius 3 is 2.65 bits per heavy atom. The lowest BCUT2D eigenvalue weighted by Crippen LogP contribution is -2.58. The van der Waals surface area contributed by atoms with Gasteiger partial charge in [-0.2, -0.15) is 0 Å². The number of aliphatic imine (C=N–C) groups is 1. The standard InChI is InChI=1S/C19H18N2O2/c1-13-8-9-19-14(10-13)11-20-12-17(19)15-6-4-5-7-16(15)18(22-2)21(19)23-3/h4-12H,1-3H3. The molecule has 3 aliphatic rings. The Labute approximate surface area is 135 Å². The van der Waals surface area contributed by atoms with Crippen LogP contribution in [0, 0.1) is 0 Å². The number of rotatable bonds is 2. The van der Waals surface area contributed by atoms with Crippen molar-refractivity contribution in [3.63, 3.8) is 0 Å². The molecule has 0 saturated heterocycles. The predicted octanol–water partition coefficient (Wildman–Crippen LogP) is 1.65. The van der Waals surface area contributed by atoms with Crippen LogP contribution in [0.25, 0.3) is 11.5 Å². The lowest BCUT2D eigenvalue weighted by atomic mass is 9.75. The normalized spacial score (nSPS) is 24.6. The lowest BCUT2D eigenvalue weighted by Gasteiger charge is -2.46. The molecule has 4 nitrogen and oxygen atoms in total. The van der Waals surface area contributed by atoms with Crippen LogP contribution in [0.5, 0.6) is 0 Å². The molecule has 1 aromatic carbocycles. The summed E-state index contributed by atoms with van der Waals surface area (Å²) >= 11 is 0. The molecule has 0 radical (unpaired) electrons. The molecular formula is C19H18N2O2. The lowest BCUT2D eigenvalue weighted by molar-refractivity contribution is -0.131. The van der Waals surface area contributed by atoms with Crippen molar-refractivity contribution >= 4 is 17.7 Å². The topological polar surface area (TPSA) is 34.1 Å². The first-order valence-electron chi connectivity index (χ1n) is 7.56. The summed E-state index contributed by atoms with van der Waals surface area (Å²) in [5, 5.41) is 3.95. The first kappa shape index (κ1) is 14.0. The number of nitrogens with zero attached hydrogens (tertiary/aromatic N) is 2. The highest BCUT2D eigenvalue weighted by molar-refractivity contribution is 6.10. The minimum atomic E-state index is -0.546. The molecule has 1 aliphatic carbocycles. The Morgan fingerprint density at radius 2 is 1.91 bits per heavy atom. The number of benzene rings is 1. The number of ether oxygens (including phenoxy) is 1. The molecule has 0 aromatic heterocycles. The summed E-state index contributed by atoms with van der Waals surface area (Å²) in [4.78, 5) is 10.2. The molecule has 0 fully saturated rings. The van der Waals surface area contributed by atoms with Crippen LogP contribution in [0.2, 0.25) is 0 Å². The van der Waals surface area contributed by atoms with Crippen LogP contribution in [0.4, 0.5) is 0 Å². The third-order valence-electron chi connectivity index (χ3n) is 4.57. The number of hydrogen-bond acceptors (Lipinski definition) is 4. The average Bonchev–Trinajstić information content (AvgIpc) is 2.59. The average molecular weight is 306 g/mol. The Bertz CT molecular complexity index is 921. The molecule has 1 atom stereocenters. The number of hydrogen-bond donors (Lipinski definition) is 0. The van der Waals surface area contributed by atoms with Crippen molar-refractivity contribution in [2.24, 2.45) is 4.99 Å². The monoisotopic (exact) mass is 306 g/mol. The van der Waals surface area contributed by atoms with Crippen molar-refractivity contribution in [2.75, 3.05) is 14.2 Å². The minimum absolute atomic E-state index is 0.546. The Kier molecular flexibility index (Phi) is 3.03. The van der Waals surface area contributed by atoms with Crippen LogP contribution >= 0.6 is 0 Å². The van der Waals surface area contributed by atoms with E-state index in [4.69, 9.17) is 9.57 Å². The summed E-state index contributed by atoms with van der Waals surface area (Å²) in [6.45, 7) is 2.08. The van der Waals surface area contributed by atoms with E-state index < -0.39 is 5.54 Å². The summed E-state index contributed by atoms with van der Waals surface area (Å²) in [5.41, 5.74) is 2.80. The van der Waals surface area contributed by atoms with Gasteiger partial charge in [0, 0.05) is 28.8 Å². The third kappa shape index (κ3) is 1.72. The van der Waals surface area contributed by atoms with Crippen LogP contribution in [-0.2, 0) is 9.57 Å². The van der Waals surface area contributed by atoms with Crippen LogP contribution in [0.3, 0.4) is 0 Å². The molecule has 1 aromatic rings. The molecule has 4 heteroatoms. The minimum Gasteiger partial charge on any atom is -0.480 e. The Morgan fingerprint density at radius 1 is 1.13 bits per heavy atom. The van der Waals surface area contributed by atoms with Crippen LogP contribution in [0.1, 0.15) is 6.92 Å². The summed E-state index contributed by atoms with van der Waals surface area (Å²) in [5.74, 6) is 0.700. The zero-order chi connectivity index (χ0) is 16.0. The largest absolute Gasteiger partial charge is 0.480 e. The quantitative estimate of drug-likeness (QED) is 0.833. The zero-order valence-electron chi connectivity index (χ0n) is 13.4. The van der Waals surface area contributed by atoms with Crippen molar-refractivity contribution in [1.29, 1.82) is 0 Å². The highest BCUT2D eigenvalue weighted by Crippen LogP contribution is 2.43. The van der Waals surface area contributed by atoms with Gasteiger partial charge in [0.15, 0.2) is 0 Å². The van der Waals surface area contributed by atoms with E-state index in [0.29, 0.717) is 5.88 Å². The summed E-state index contributed by atoms with van der Waals surface area (Å²) in [6.07, 6.45) is 10.2. The van der Waals surface area contributed by atoms with E-state index in [1.165, 1.54) is 5.57 Å². The molecular weight excluding hydrogens is 288 g/mol. The third-order valence-corrected chi connectivity index (χ3v) is 4.57. The molecule has 0 amide bonds. The van der Waals surface area contributed by atoms with Gasteiger partial charge in [0.05, 0.1) is 14.2 Å². The molecule has 116 valence electrons. The number of fused-ring (bicyclic) bond motifs is 1. The predicted molar refractivity (Wildman–Crippen MR) is 90.6 cm³/mol. The van der Waals surface area contributed by atoms with E-state index in [1.807, 2.05) is 35.7 Å². The molecule has 4 rings (SSSR count). The highest BCUT2D eigenvalue weighted by Gasteiger charge is 2.48. The maximum Gasteiger partial charge on any atom is 0.223 e. The van der Waals surface area contributed by atoms with Gasteiger partial charge in [0.1, 0.15) is 5.54 Å². The molecule has 0 saturated carbocycles. The van der Waals surface area contributed by atoms with Crippen LogP contribution < -0.4 is 10.4 Å². The van der Waals surface area contributed by atoms with Gasteiger partial charge in [-0.05, 0) is 24.3 Å². The van der Waals surface area contributed by atoms with Gasteiger partial charge < -0.3 is 4.74 Å². The summed E-state index contributed by atoms with van der Waals surface area (Å²) in [6, 6.07) is 8.18. The maximum absolute atomic E-state index is 5.78. The highest BCUT2D eigenvalue weighted by atomic mass is 16.7. The second-order valence-electron chi connectivity index (χ2n) is 5.80. The van der Waals surface area contributed by atoms with Crippen molar-refractivity contribution in [1.82, 2.24) is 5.06 Å². The van der Waals surface area contributed by atoms with E-state index in [0.717, 1.165) is 21.6 Å². The van der Waals surface area contributed by atoms with Gasteiger partial charge in [-0.15, -0.1) is 0 Å². The van der Waals surface area contributed by atoms with Crippen molar-refractivity contribution in [3.8, 4) is 0 Å². The van der Waals surface area contributed by atoms with E-state index in [-0.39, 0.29) is 0 Å². The molecule has 2 aliphatic heterocycles. The Balaban J connectivity index is 2.17. The van der Waals surface area contributed by atoms with Crippen molar-refractivity contribution in [3.05, 3.63) is 70.3 Å². The maximum atomic E-state index is 5.78. The van der Waals surface area contributed by atoms with Gasteiger partial charge in [0.2, 0.25) is 5.88 Å². The summed E-state index contributed by atoms with van der Waals surface area (Å²) < 4.78 is 5.72.